The molecule has 0 fully saturated rings. The van der Waals surface area contributed by atoms with Crippen LogP contribution in [0.25, 0.3) is 0 Å². The number of aromatic nitrogens is 1. The van der Waals surface area contributed by atoms with Crippen molar-refractivity contribution in [2.45, 2.75) is 46.6 Å². The van der Waals surface area contributed by atoms with Crippen LogP contribution in [0.5, 0.6) is 0 Å². The second kappa shape index (κ2) is 9.74. The molecular formula is C17H32N4. The van der Waals surface area contributed by atoms with Gasteiger partial charge < -0.3 is 15.5 Å². The Bertz CT molecular complexity index is 373. The van der Waals surface area contributed by atoms with Crippen LogP contribution in [0.2, 0.25) is 0 Å². The summed E-state index contributed by atoms with van der Waals surface area (Å²) in [4.78, 5) is 9.37. The molecule has 0 bridgehead atoms. The fourth-order valence-corrected chi connectivity index (χ4v) is 2.51. The normalized spacial score (nSPS) is 12.7. The predicted molar refractivity (Wildman–Crippen MR) is 91.7 cm³/mol. The first kappa shape index (κ1) is 17.9. The summed E-state index contributed by atoms with van der Waals surface area (Å²) in [7, 11) is 0. The Morgan fingerprint density at radius 1 is 1.05 bits per heavy atom. The van der Waals surface area contributed by atoms with Crippen LogP contribution in [-0.4, -0.2) is 42.6 Å². The van der Waals surface area contributed by atoms with Gasteiger partial charge >= 0.3 is 0 Å². The molecule has 1 heterocycles. The Balaban J connectivity index is 2.55. The first-order valence-corrected chi connectivity index (χ1v) is 8.34. The number of hydrogen-bond acceptors (Lipinski definition) is 4. The van der Waals surface area contributed by atoms with Gasteiger partial charge in [-0.15, -0.1) is 0 Å². The maximum Gasteiger partial charge on any atom is 0.0572 e. The smallest absolute Gasteiger partial charge is 0.0572 e. The molecule has 0 amide bonds. The zero-order chi connectivity index (χ0) is 15.7. The first-order chi connectivity index (χ1) is 10.2. The van der Waals surface area contributed by atoms with Gasteiger partial charge in [0.05, 0.1) is 17.6 Å². The second-order valence-corrected chi connectivity index (χ2v) is 5.42. The molecular weight excluding hydrogens is 260 g/mol. The molecule has 1 aromatic heterocycles. The van der Waals surface area contributed by atoms with Crippen molar-refractivity contribution in [1.29, 1.82) is 0 Å². The van der Waals surface area contributed by atoms with Crippen molar-refractivity contribution in [2.24, 2.45) is 5.73 Å². The van der Waals surface area contributed by atoms with Crippen molar-refractivity contribution in [2.75, 3.05) is 37.6 Å². The van der Waals surface area contributed by atoms with Gasteiger partial charge in [0.1, 0.15) is 0 Å². The summed E-state index contributed by atoms with van der Waals surface area (Å²) in [5.41, 5.74) is 8.20. The third-order valence-corrected chi connectivity index (χ3v) is 4.13. The molecule has 0 saturated heterocycles. The van der Waals surface area contributed by atoms with Crippen LogP contribution < -0.4 is 10.6 Å². The van der Waals surface area contributed by atoms with E-state index in [9.17, 15) is 0 Å². The summed E-state index contributed by atoms with van der Waals surface area (Å²) >= 11 is 0. The zero-order valence-corrected chi connectivity index (χ0v) is 14.2. The van der Waals surface area contributed by atoms with Crippen LogP contribution in [-0.2, 0) is 0 Å². The molecule has 4 nitrogen and oxygen atoms in total. The maximum absolute atomic E-state index is 6.02. The fraction of sp³-hybridized carbons (Fsp3) is 0.706. The van der Waals surface area contributed by atoms with E-state index in [0.29, 0.717) is 0 Å². The average molecular weight is 292 g/mol. The first-order valence-electron chi connectivity index (χ1n) is 8.34. The molecule has 0 radical (unpaired) electrons. The van der Waals surface area contributed by atoms with Crippen LogP contribution in [0.3, 0.4) is 0 Å². The Hall–Kier alpha value is -1.13. The highest BCUT2D eigenvalue weighted by molar-refractivity contribution is 5.44. The number of hydrogen-bond donors (Lipinski definition) is 1. The lowest BCUT2D eigenvalue weighted by Gasteiger charge is -2.25. The summed E-state index contributed by atoms with van der Waals surface area (Å²) in [5.74, 6) is 0. The molecule has 0 saturated carbocycles. The van der Waals surface area contributed by atoms with E-state index in [1.165, 1.54) is 12.1 Å². The van der Waals surface area contributed by atoms with Crippen molar-refractivity contribution >= 4 is 5.69 Å². The van der Waals surface area contributed by atoms with E-state index in [-0.39, 0.29) is 6.04 Å². The standard InChI is InChI=1S/C17H32N4/c1-5-16(18)17-11-10-15(14-19-17)21(8-4)13-9-12-20(6-2)7-3/h10-11,14,16H,5-9,12-13,18H2,1-4H3/t16-/m0/s1. The van der Waals surface area contributed by atoms with Crippen LogP contribution in [0.1, 0.15) is 52.3 Å². The average Bonchev–Trinajstić information content (AvgIpc) is 2.55. The van der Waals surface area contributed by atoms with Gasteiger partial charge in [-0.05, 0) is 51.5 Å². The third kappa shape index (κ3) is 5.64. The minimum absolute atomic E-state index is 0.0526. The van der Waals surface area contributed by atoms with Gasteiger partial charge in [0.2, 0.25) is 0 Å². The molecule has 0 aromatic carbocycles. The Morgan fingerprint density at radius 3 is 2.24 bits per heavy atom. The van der Waals surface area contributed by atoms with E-state index >= 15 is 0 Å². The van der Waals surface area contributed by atoms with Crippen molar-refractivity contribution in [3.63, 3.8) is 0 Å². The highest BCUT2D eigenvalue weighted by Gasteiger charge is 2.08. The minimum atomic E-state index is 0.0526. The topological polar surface area (TPSA) is 45.4 Å². The lowest BCUT2D eigenvalue weighted by atomic mass is 10.1. The van der Waals surface area contributed by atoms with Crippen molar-refractivity contribution in [3.05, 3.63) is 24.0 Å². The van der Waals surface area contributed by atoms with Gasteiger partial charge in [-0.25, -0.2) is 0 Å². The molecule has 0 aliphatic heterocycles. The molecule has 1 rings (SSSR count). The summed E-state index contributed by atoms with van der Waals surface area (Å²) in [6.07, 6.45) is 4.07. The van der Waals surface area contributed by atoms with Gasteiger partial charge in [-0.1, -0.05) is 20.8 Å². The van der Waals surface area contributed by atoms with Crippen LogP contribution >= 0.6 is 0 Å². The predicted octanol–water partition coefficient (Wildman–Crippen LogP) is 3.05. The number of nitrogens with two attached hydrogens (primary N) is 1. The minimum Gasteiger partial charge on any atom is -0.371 e. The Morgan fingerprint density at radius 2 is 1.76 bits per heavy atom. The summed E-state index contributed by atoms with van der Waals surface area (Å²) < 4.78 is 0. The van der Waals surface area contributed by atoms with E-state index in [1.807, 2.05) is 6.20 Å². The van der Waals surface area contributed by atoms with E-state index in [4.69, 9.17) is 5.73 Å². The van der Waals surface area contributed by atoms with Gasteiger partial charge in [0.15, 0.2) is 0 Å². The van der Waals surface area contributed by atoms with E-state index < -0.39 is 0 Å². The Labute approximate surface area is 130 Å². The summed E-state index contributed by atoms with van der Waals surface area (Å²) in [6.45, 7) is 14.3. The highest BCUT2D eigenvalue weighted by atomic mass is 15.1. The third-order valence-electron chi connectivity index (χ3n) is 4.13. The summed E-state index contributed by atoms with van der Waals surface area (Å²) in [6, 6.07) is 4.27. The largest absolute Gasteiger partial charge is 0.371 e. The van der Waals surface area contributed by atoms with Crippen molar-refractivity contribution in [1.82, 2.24) is 9.88 Å². The summed E-state index contributed by atoms with van der Waals surface area (Å²) in [5, 5.41) is 0. The van der Waals surface area contributed by atoms with E-state index in [1.54, 1.807) is 0 Å². The molecule has 4 heteroatoms. The molecule has 0 spiro atoms. The molecule has 0 aliphatic carbocycles. The van der Waals surface area contributed by atoms with Crippen LogP contribution in [0.4, 0.5) is 5.69 Å². The lowest BCUT2D eigenvalue weighted by molar-refractivity contribution is 0.301. The number of rotatable bonds is 10. The van der Waals surface area contributed by atoms with Gasteiger partial charge in [-0.2, -0.15) is 0 Å². The quantitative estimate of drug-likeness (QED) is 0.720. The fourth-order valence-electron chi connectivity index (χ4n) is 2.51. The lowest BCUT2D eigenvalue weighted by Crippen LogP contribution is -2.30. The van der Waals surface area contributed by atoms with Gasteiger partial charge in [0, 0.05) is 19.1 Å². The van der Waals surface area contributed by atoms with E-state index in [0.717, 1.165) is 44.8 Å². The molecule has 1 aromatic rings. The van der Waals surface area contributed by atoms with Crippen LogP contribution in [0, 0.1) is 0 Å². The van der Waals surface area contributed by atoms with Gasteiger partial charge in [0.25, 0.3) is 0 Å². The Kier molecular flexibility index (Phi) is 8.31. The second-order valence-electron chi connectivity index (χ2n) is 5.42. The molecule has 120 valence electrons. The molecule has 1 atom stereocenters. The monoisotopic (exact) mass is 292 g/mol. The zero-order valence-electron chi connectivity index (χ0n) is 14.2. The molecule has 0 unspecified atom stereocenters. The SMILES string of the molecule is CC[C@H](N)c1ccc(N(CC)CCCN(CC)CC)cn1. The van der Waals surface area contributed by atoms with Crippen molar-refractivity contribution < 1.29 is 0 Å². The molecule has 21 heavy (non-hydrogen) atoms. The van der Waals surface area contributed by atoms with Crippen LogP contribution in [0.15, 0.2) is 18.3 Å². The number of anilines is 1. The number of pyridine rings is 1. The van der Waals surface area contributed by atoms with E-state index in [2.05, 4.69) is 54.6 Å². The maximum atomic E-state index is 6.02. The molecule has 2 N–H and O–H groups in total. The van der Waals surface area contributed by atoms with Crippen molar-refractivity contribution in [3.8, 4) is 0 Å². The number of nitrogens with zero attached hydrogens (tertiary/aromatic N) is 3. The highest BCUT2D eigenvalue weighted by Crippen LogP contribution is 2.17. The van der Waals surface area contributed by atoms with Gasteiger partial charge in [-0.3, -0.25) is 4.98 Å². The molecule has 0 aliphatic rings.